The van der Waals surface area contributed by atoms with Crippen LogP contribution in [0, 0.1) is 11.7 Å². The molecular weight excluding hydrogens is 486 g/mol. The van der Waals surface area contributed by atoms with E-state index in [1.165, 1.54) is 12.1 Å². The zero-order chi connectivity index (χ0) is 25.6. The highest BCUT2D eigenvalue weighted by Crippen LogP contribution is 2.45. The van der Waals surface area contributed by atoms with E-state index in [1.807, 2.05) is 18.7 Å². The third kappa shape index (κ3) is 8.15. The van der Waals surface area contributed by atoms with Gasteiger partial charge in [-0.25, -0.2) is 12.9 Å². The number of piperidine rings is 1. The maximum absolute atomic E-state index is 14.8. The van der Waals surface area contributed by atoms with Crippen LogP contribution in [-0.4, -0.2) is 64.8 Å². The van der Waals surface area contributed by atoms with Gasteiger partial charge in [0.25, 0.3) is 5.91 Å². The van der Waals surface area contributed by atoms with Gasteiger partial charge in [-0.3, -0.25) is 9.52 Å². The van der Waals surface area contributed by atoms with Gasteiger partial charge in [0.2, 0.25) is 0 Å². The number of nitrogens with one attached hydrogen (secondary N) is 1. The molecule has 0 radical (unpaired) electrons. The first-order chi connectivity index (χ1) is 16.7. The lowest BCUT2D eigenvalue weighted by atomic mass is 9.97. The maximum atomic E-state index is 14.8. The summed E-state index contributed by atoms with van der Waals surface area (Å²) in [5.41, 5.74) is 0.634. The molecule has 1 unspecified atom stereocenters. The van der Waals surface area contributed by atoms with Crippen molar-refractivity contribution in [1.82, 2.24) is 13.9 Å². The zero-order valence-corrected chi connectivity index (χ0v) is 21.2. The van der Waals surface area contributed by atoms with Crippen molar-refractivity contribution < 1.29 is 31.3 Å². The fraction of sp³-hybridized carbons (Fsp3) is 0.708. The van der Waals surface area contributed by atoms with Crippen LogP contribution in [-0.2, 0) is 11.2 Å². The molecular formula is C24H35F4N3O3S. The van der Waals surface area contributed by atoms with Crippen LogP contribution in [0.1, 0.15) is 74.2 Å². The van der Waals surface area contributed by atoms with Crippen molar-refractivity contribution in [2.75, 3.05) is 39.3 Å². The number of benzene rings is 1. The molecule has 3 fully saturated rings. The van der Waals surface area contributed by atoms with E-state index in [0.717, 1.165) is 37.7 Å². The summed E-state index contributed by atoms with van der Waals surface area (Å²) in [6.07, 6.45) is -0.717. The van der Waals surface area contributed by atoms with Gasteiger partial charge in [0, 0.05) is 25.7 Å². The first kappa shape index (κ1) is 27.9. The molecule has 35 heavy (non-hydrogen) atoms. The lowest BCUT2D eigenvalue weighted by Gasteiger charge is -2.32. The molecule has 1 amide bonds. The molecule has 4 rings (SSSR count). The highest BCUT2D eigenvalue weighted by molar-refractivity contribution is 7.81. The van der Waals surface area contributed by atoms with Crippen LogP contribution in [0.3, 0.4) is 0 Å². The molecule has 2 heterocycles. The van der Waals surface area contributed by atoms with Crippen molar-refractivity contribution >= 4 is 17.1 Å². The standard InChI is InChI=1S/C22H29F4N3O3S.C2H6/c23-19-13-20(32-14-15-4-9-28(10-5-15)11-6-22(24,25)26)17(16-2-3-16)12-18(19)21(30)27-33(31)29-7-1-8-29;1-2/h12-13,15-16H,1-11,14H2,(H,27,30);1-2H3. The number of carbonyl (C=O) groups is 1. The predicted molar refractivity (Wildman–Crippen MR) is 127 cm³/mol. The van der Waals surface area contributed by atoms with Crippen molar-refractivity contribution in [3.8, 4) is 5.75 Å². The molecule has 1 saturated carbocycles. The minimum Gasteiger partial charge on any atom is -0.493 e. The molecule has 1 N–H and O–H groups in total. The molecule has 2 saturated heterocycles. The van der Waals surface area contributed by atoms with Crippen molar-refractivity contribution in [2.45, 2.75) is 64.5 Å². The van der Waals surface area contributed by atoms with E-state index in [2.05, 4.69) is 4.72 Å². The fourth-order valence-corrected chi connectivity index (χ4v) is 5.09. The Bertz CT molecular complexity index is 884. The average Bonchev–Trinajstić information content (AvgIpc) is 3.62. The monoisotopic (exact) mass is 521 g/mol. The number of halogens is 4. The van der Waals surface area contributed by atoms with Crippen LogP contribution in [0.5, 0.6) is 5.75 Å². The summed E-state index contributed by atoms with van der Waals surface area (Å²) in [5.74, 6) is -0.636. The largest absolute Gasteiger partial charge is 0.493 e. The van der Waals surface area contributed by atoms with Crippen molar-refractivity contribution in [3.63, 3.8) is 0 Å². The number of rotatable bonds is 9. The summed E-state index contributed by atoms with van der Waals surface area (Å²) >= 11 is -1.67. The molecule has 1 aliphatic carbocycles. The molecule has 0 aromatic heterocycles. The Morgan fingerprint density at radius 1 is 1.11 bits per heavy atom. The minimum atomic E-state index is -4.14. The summed E-state index contributed by atoms with van der Waals surface area (Å²) in [7, 11) is 0. The van der Waals surface area contributed by atoms with Crippen LogP contribution in [0.4, 0.5) is 17.6 Å². The molecule has 11 heteroatoms. The third-order valence-electron chi connectivity index (χ3n) is 6.48. The SMILES string of the molecule is CC.O=C(NS(=O)N1CCC1)c1cc(C2CC2)c(OCC2CCN(CCC(F)(F)F)CC2)cc1F. The van der Waals surface area contributed by atoms with E-state index in [-0.39, 0.29) is 23.9 Å². The van der Waals surface area contributed by atoms with Gasteiger partial charge in [-0.2, -0.15) is 13.2 Å². The predicted octanol–water partition coefficient (Wildman–Crippen LogP) is 4.79. The third-order valence-corrected chi connectivity index (χ3v) is 7.68. The molecule has 6 nitrogen and oxygen atoms in total. The van der Waals surface area contributed by atoms with Gasteiger partial charge in [0.15, 0.2) is 11.2 Å². The lowest BCUT2D eigenvalue weighted by molar-refractivity contribution is -0.138. The van der Waals surface area contributed by atoms with E-state index >= 15 is 0 Å². The van der Waals surface area contributed by atoms with Gasteiger partial charge in [0.1, 0.15) is 11.6 Å². The Morgan fingerprint density at radius 3 is 2.31 bits per heavy atom. The first-order valence-corrected chi connectivity index (χ1v) is 13.5. The van der Waals surface area contributed by atoms with E-state index in [1.54, 1.807) is 4.31 Å². The number of alkyl halides is 3. The zero-order valence-electron chi connectivity index (χ0n) is 20.3. The van der Waals surface area contributed by atoms with Crippen LogP contribution in [0.2, 0.25) is 0 Å². The summed E-state index contributed by atoms with van der Waals surface area (Å²) in [4.78, 5) is 14.3. The van der Waals surface area contributed by atoms with Crippen LogP contribution >= 0.6 is 0 Å². The van der Waals surface area contributed by atoms with Crippen LogP contribution < -0.4 is 9.46 Å². The van der Waals surface area contributed by atoms with Gasteiger partial charge in [-0.1, -0.05) is 13.8 Å². The number of hydrogen-bond donors (Lipinski definition) is 1. The molecule has 1 aromatic rings. The fourth-order valence-electron chi connectivity index (χ4n) is 4.11. The highest BCUT2D eigenvalue weighted by Gasteiger charge is 2.32. The van der Waals surface area contributed by atoms with Crippen molar-refractivity contribution in [2.24, 2.45) is 5.92 Å². The summed E-state index contributed by atoms with van der Waals surface area (Å²) in [6, 6.07) is 2.73. The molecule has 3 aliphatic rings. The average molecular weight is 522 g/mol. The quantitative estimate of drug-likeness (QED) is 0.475. The lowest BCUT2D eigenvalue weighted by Crippen LogP contribution is -2.45. The molecule has 2 aliphatic heterocycles. The van der Waals surface area contributed by atoms with Gasteiger partial charge < -0.3 is 9.64 Å². The number of likely N-dealkylation sites (tertiary alicyclic amines) is 1. The normalized spacial score (nSPS) is 20.4. The number of amides is 1. The van der Waals surface area contributed by atoms with Gasteiger partial charge >= 0.3 is 6.18 Å². The van der Waals surface area contributed by atoms with Crippen LogP contribution in [0.25, 0.3) is 0 Å². The van der Waals surface area contributed by atoms with Crippen molar-refractivity contribution in [1.29, 1.82) is 0 Å². The smallest absolute Gasteiger partial charge is 0.390 e. The Kier molecular flexibility index (Phi) is 9.94. The van der Waals surface area contributed by atoms with Gasteiger partial charge in [-0.05, 0) is 68.7 Å². The molecule has 1 atom stereocenters. The number of ether oxygens (including phenoxy) is 1. The van der Waals surface area contributed by atoms with E-state index in [4.69, 9.17) is 4.74 Å². The second kappa shape index (κ2) is 12.5. The number of nitrogens with zero attached hydrogens (tertiary/aromatic N) is 2. The van der Waals surface area contributed by atoms with Gasteiger partial charge in [-0.15, -0.1) is 0 Å². The number of carbonyl (C=O) groups excluding carboxylic acids is 1. The van der Waals surface area contributed by atoms with E-state index in [9.17, 15) is 26.6 Å². The molecule has 0 bridgehead atoms. The number of hydrogen-bond acceptors (Lipinski definition) is 4. The Morgan fingerprint density at radius 2 is 1.77 bits per heavy atom. The molecule has 1 aromatic carbocycles. The maximum Gasteiger partial charge on any atom is 0.390 e. The second-order valence-corrected chi connectivity index (χ2v) is 10.3. The topological polar surface area (TPSA) is 61.9 Å². The Labute approximate surface area is 207 Å². The highest BCUT2D eigenvalue weighted by atomic mass is 32.2. The van der Waals surface area contributed by atoms with E-state index < -0.39 is 35.5 Å². The second-order valence-electron chi connectivity index (χ2n) is 9.07. The molecule has 0 spiro atoms. The van der Waals surface area contributed by atoms with Crippen LogP contribution in [0.15, 0.2) is 12.1 Å². The van der Waals surface area contributed by atoms with Crippen molar-refractivity contribution in [3.05, 3.63) is 29.1 Å². The molecule has 198 valence electrons. The Balaban J connectivity index is 0.00000167. The summed E-state index contributed by atoms with van der Waals surface area (Å²) in [6.45, 7) is 6.81. The van der Waals surface area contributed by atoms with Gasteiger partial charge in [0.05, 0.1) is 18.6 Å². The summed E-state index contributed by atoms with van der Waals surface area (Å²) in [5, 5.41) is 0. The van der Waals surface area contributed by atoms with E-state index in [0.29, 0.717) is 38.5 Å². The minimum absolute atomic E-state index is 0.0141. The Hall–Kier alpha value is -1.72. The summed E-state index contributed by atoms with van der Waals surface area (Å²) < 4.78 is 74.0. The first-order valence-electron chi connectivity index (χ1n) is 12.4.